The normalized spacial score (nSPS) is 13.1. The van der Waals surface area contributed by atoms with Crippen LogP contribution in [0.5, 0.6) is 0 Å². The van der Waals surface area contributed by atoms with Crippen LogP contribution in [-0.2, 0) is 12.6 Å². The van der Waals surface area contributed by atoms with Crippen LogP contribution in [0.4, 0.5) is 23.5 Å². The van der Waals surface area contributed by atoms with Gasteiger partial charge in [-0.25, -0.2) is 22.2 Å². The highest BCUT2D eigenvalue weighted by Crippen LogP contribution is 2.33. The van der Waals surface area contributed by atoms with Crippen molar-refractivity contribution < 1.29 is 17.6 Å². The third-order valence-electron chi connectivity index (χ3n) is 4.72. The molecule has 3 aromatic rings. The molecule has 0 saturated carbocycles. The second-order valence-electron chi connectivity index (χ2n) is 7.06. The molecular weight excluding hydrogens is 390 g/mol. The van der Waals surface area contributed by atoms with Crippen LogP contribution in [0, 0.1) is 5.82 Å². The monoisotopic (exact) mass is 411 g/mol. The van der Waals surface area contributed by atoms with Crippen LogP contribution >= 0.6 is 0 Å². The molecule has 0 amide bonds. The standard InChI is InChI=1S/C19H21F4N5O/c1-5-14(11-7-6-10(8-12(11)21)19(2,22)23)28-16-15(13(9-20)26-28)17(29)25-18(24-16)27(3)4/h6-8,14H,5,9H2,1-4H3,(H,24,25,29). The predicted molar refractivity (Wildman–Crippen MR) is 102 cm³/mol. The summed E-state index contributed by atoms with van der Waals surface area (Å²) in [4.78, 5) is 20.9. The molecule has 2 aromatic heterocycles. The molecule has 1 aromatic carbocycles. The first-order valence-corrected chi connectivity index (χ1v) is 9.00. The summed E-state index contributed by atoms with van der Waals surface area (Å²) in [7, 11) is 3.34. The number of anilines is 1. The van der Waals surface area contributed by atoms with Crippen molar-refractivity contribution in [3.05, 3.63) is 51.2 Å². The van der Waals surface area contributed by atoms with E-state index in [-0.39, 0.29) is 28.2 Å². The van der Waals surface area contributed by atoms with Crippen LogP contribution in [0.25, 0.3) is 11.0 Å². The molecule has 0 radical (unpaired) electrons. The molecule has 0 fully saturated rings. The molecule has 0 aliphatic carbocycles. The van der Waals surface area contributed by atoms with Gasteiger partial charge in [0.05, 0.1) is 6.04 Å². The van der Waals surface area contributed by atoms with E-state index < -0.39 is 35.6 Å². The summed E-state index contributed by atoms with van der Waals surface area (Å²) in [6.45, 7) is 1.43. The highest BCUT2D eigenvalue weighted by molar-refractivity contribution is 5.78. The third-order valence-corrected chi connectivity index (χ3v) is 4.72. The first kappa shape index (κ1) is 20.8. The van der Waals surface area contributed by atoms with Gasteiger partial charge in [0.1, 0.15) is 23.6 Å². The SMILES string of the molecule is CCC(c1ccc(C(C)(F)F)cc1F)n1nc(CF)c2c(=O)[nH]c(N(C)C)nc21. The topological polar surface area (TPSA) is 66.8 Å². The molecule has 10 heteroatoms. The summed E-state index contributed by atoms with van der Waals surface area (Å²) in [6.07, 6.45) is 0.313. The lowest BCUT2D eigenvalue weighted by Gasteiger charge is -2.20. The minimum atomic E-state index is -3.18. The average molecular weight is 411 g/mol. The fraction of sp³-hybridized carbons (Fsp3) is 0.421. The Labute approximate surface area is 164 Å². The van der Waals surface area contributed by atoms with Crippen LogP contribution in [-0.4, -0.2) is 33.8 Å². The number of hydrogen-bond donors (Lipinski definition) is 1. The number of rotatable bonds is 6. The number of aromatic amines is 1. The Kier molecular flexibility index (Phi) is 5.38. The minimum absolute atomic E-state index is 0.0198. The molecule has 0 aliphatic rings. The molecule has 1 N–H and O–H groups in total. The highest BCUT2D eigenvalue weighted by atomic mass is 19.3. The van der Waals surface area contributed by atoms with Gasteiger partial charge in [0, 0.05) is 32.1 Å². The van der Waals surface area contributed by atoms with E-state index in [9.17, 15) is 22.4 Å². The molecule has 0 spiro atoms. The Bertz CT molecular complexity index is 1100. The summed E-state index contributed by atoms with van der Waals surface area (Å²) in [5, 5.41) is 4.14. The molecule has 0 aliphatic heterocycles. The van der Waals surface area contributed by atoms with Crippen molar-refractivity contribution in [2.24, 2.45) is 0 Å². The number of benzene rings is 1. The van der Waals surface area contributed by atoms with Gasteiger partial charge in [0.15, 0.2) is 5.65 Å². The summed E-state index contributed by atoms with van der Waals surface area (Å²) in [5.74, 6) is -3.79. The second kappa shape index (κ2) is 7.49. The fourth-order valence-electron chi connectivity index (χ4n) is 3.22. The molecule has 1 unspecified atom stereocenters. The van der Waals surface area contributed by atoms with Gasteiger partial charge in [-0.3, -0.25) is 9.78 Å². The van der Waals surface area contributed by atoms with Crippen LogP contribution < -0.4 is 10.5 Å². The number of halogens is 4. The van der Waals surface area contributed by atoms with Gasteiger partial charge in [-0.1, -0.05) is 19.1 Å². The van der Waals surface area contributed by atoms with E-state index in [4.69, 9.17) is 0 Å². The molecule has 6 nitrogen and oxygen atoms in total. The molecule has 2 heterocycles. The average Bonchev–Trinajstić information content (AvgIpc) is 3.02. The Hall–Kier alpha value is -2.91. The number of nitrogens with zero attached hydrogens (tertiary/aromatic N) is 4. The van der Waals surface area contributed by atoms with Gasteiger partial charge in [0.2, 0.25) is 5.95 Å². The molecule has 0 saturated heterocycles. The maximum absolute atomic E-state index is 14.7. The first-order chi connectivity index (χ1) is 13.6. The predicted octanol–water partition coefficient (Wildman–Crippen LogP) is 3.91. The van der Waals surface area contributed by atoms with E-state index in [0.29, 0.717) is 13.3 Å². The summed E-state index contributed by atoms with van der Waals surface area (Å²) < 4.78 is 56.6. The number of H-pyrrole nitrogens is 1. The number of nitrogens with one attached hydrogen (secondary N) is 1. The summed E-state index contributed by atoms with van der Waals surface area (Å²) in [5.41, 5.74) is -0.929. The maximum atomic E-state index is 14.7. The second-order valence-corrected chi connectivity index (χ2v) is 7.06. The third kappa shape index (κ3) is 3.70. The summed E-state index contributed by atoms with van der Waals surface area (Å²) >= 11 is 0. The quantitative estimate of drug-likeness (QED) is 0.625. The molecule has 156 valence electrons. The number of fused-ring (bicyclic) bond motifs is 1. The number of alkyl halides is 3. The maximum Gasteiger partial charge on any atom is 0.270 e. The van der Waals surface area contributed by atoms with E-state index in [1.54, 1.807) is 25.9 Å². The van der Waals surface area contributed by atoms with E-state index in [0.717, 1.165) is 12.1 Å². The van der Waals surface area contributed by atoms with Crippen molar-refractivity contribution in [2.45, 2.75) is 38.9 Å². The van der Waals surface area contributed by atoms with Crippen molar-refractivity contribution in [3.63, 3.8) is 0 Å². The zero-order valence-corrected chi connectivity index (χ0v) is 16.4. The van der Waals surface area contributed by atoms with Crippen LogP contribution in [0.3, 0.4) is 0 Å². The minimum Gasteiger partial charge on any atom is -0.348 e. The largest absolute Gasteiger partial charge is 0.348 e. The molecule has 0 bridgehead atoms. The van der Waals surface area contributed by atoms with Crippen LogP contribution in [0.1, 0.15) is 43.1 Å². The van der Waals surface area contributed by atoms with Crippen molar-refractivity contribution in [2.75, 3.05) is 19.0 Å². The van der Waals surface area contributed by atoms with E-state index in [1.165, 1.54) is 10.7 Å². The van der Waals surface area contributed by atoms with Gasteiger partial charge >= 0.3 is 0 Å². The van der Waals surface area contributed by atoms with E-state index in [1.807, 2.05) is 0 Å². The van der Waals surface area contributed by atoms with Gasteiger partial charge in [0.25, 0.3) is 11.5 Å². The van der Waals surface area contributed by atoms with Gasteiger partial charge in [-0.2, -0.15) is 10.1 Å². The van der Waals surface area contributed by atoms with Gasteiger partial charge in [-0.15, -0.1) is 0 Å². The zero-order chi connectivity index (χ0) is 21.5. The Morgan fingerprint density at radius 3 is 2.52 bits per heavy atom. The van der Waals surface area contributed by atoms with Crippen molar-refractivity contribution >= 4 is 17.0 Å². The first-order valence-electron chi connectivity index (χ1n) is 9.00. The van der Waals surface area contributed by atoms with Gasteiger partial charge < -0.3 is 4.90 Å². The molecule has 3 rings (SSSR count). The fourth-order valence-corrected chi connectivity index (χ4v) is 3.22. The lowest BCUT2D eigenvalue weighted by Crippen LogP contribution is -2.20. The zero-order valence-electron chi connectivity index (χ0n) is 16.4. The smallest absolute Gasteiger partial charge is 0.270 e. The lowest BCUT2D eigenvalue weighted by atomic mass is 10.00. The number of hydrogen-bond acceptors (Lipinski definition) is 4. The highest BCUT2D eigenvalue weighted by Gasteiger charge is 2.28. The van der Waals surface area contributed by atoms with Crippen molar-refractivity contribution in [1.29, 1.82) is 0 Å². The van der Waals surface area contributed by atoms with Crippen LogP contribution in [0.2, 0.25) is 0 Å². The summed E-state index contributed by atoms with van der Waals surface area (Å²) in [6, 6.07) is 2.43. The van der Waals surface area contributed by atoms with E-state index >= 15 is 0 Å². The van der Waals surface area contributed by atoms with Gasteiger partial charge in [-0.05, 0) is 12.5 Å². The molecule has 1 atom stereocenters. The van der Waals surface area contributed by atoms with Crippen molar-refractivity contribution in [1.82, 2.24) is 19.7 Å². The molecule has 29 heavy (non-hydrogen) atoms. The number of aromatic nitrogens is 4. The Balaban J connectivity index is 2.24. The Morgan fingerprint density at radius 2 is 2.00 bits per heavy atom. The van der Waals surface area contributed by atoms with Crippen LogP contribution in [0.15, 0.2) is 23.0 Å². The van der Waals surface area contributed by atoms with Crippen molar-refractivity contribution in [3.8, 4) is 0 Å². The Morgan fingerprint density at radius 1 is 1.31 bits per heavy atom. The lowest BCUT2D eigenvalue weighted by molar-refractivity contribution is 0.0171. The molecular formula is C19H21F4N5O. The van der Waals surface area contributed by atoms with E-state index in [2.05, 4.69) is 15.1 Å².